The Morgan fingerprint density at radius 3 is 2.73 bits per heavy atom. The minimum Gasteiger partial charge on any atom is -0.472 e. The lowest BCUT2D eigenvalue weighted by Gasteiger charge is -2.01. The molecule has 0 N–H and O–H groups in total. The standard InChI is InChI=1S/C11H10ClNOS/c12-7-10-6-11(13-15-10)14-8-9-4-2-1-3-5-9/h1-6H,7-8H2. The highest BCUT2D eigenvalue weighted by atomic mass is 35.5. The van der Waals surface area contributed by atoms with Crippen molar-refractivity contribution in [3.8, 4) is 5.88 Å². The molecule has 0 bridgehead atoms. The maximum atomic E-state index is 5.67. The summed E-state index contributed by atoms with van der Waals surface area (Å²) in [7, 11) is 0. The molecule has 15 heavy (non-hydrogen) atoms. The van der Waals surface area contributed by atoms with E-state index in [2.05, 4.69) is 4.37 Å². The smallest absolute Gasteiger partial charge is 0.225 e. The summed E-state index contributed by atoms with van der Waals surface area (Å²) in [4.78, 5) is 1.03. The number of aromatic nitrogens is 1. The van der Waals surface area contributed by atoms with Crippen LogP contribution in [0.4, 0.5) is 0 Å². The van der Waals surface area contributed by atoms with Gasteiger partial charge in [0.25, 0.3) is 0 Å². The predicted molar refractivity (Wildman–Crippen MR) is 62.4 cm³/mol. The van der Waals surface area contributed by atoms with Crippen LogP contribution in [0.5, 0.6) is 5.88 Å². The summed E-state index contributed by atoms with van der Waals surface area (Å²) in [5.74, 6) is 1.14. The zero-order chi connectivity index (χ0) is 10.5. The summed E-state index contributed by atoms with van der Waals surface area (Å²) in [6.45, 7) is 0.548. The van der Waals surface area contributed by atoms with Crippen molar-refractivity contribution in [2.45, 2.75) is 12.5 Å². The Morgan fingerprint density at radius 1 is 1.27 bits per heavy atom. The molecule has 0 aliphatic carbocycles. The van der Waals surface area contributed by atoms with Gasteiger partial charge in [0.2, 0.25) is 5.88 Å². The van der Waals surface area contributed by atoms with Gasteiger partial charge in [-0.15, -0.1) is 11.6 Å². The lowest BCUT2D eigenvalue weighted by Crippen LogP contribution is -1.94. The normalized spacial score (nSPS) is 10.2. The van der Waals surface area contributed by atoms with Crippen LogP contribution >= 0.6 is 23.1 Å². The number of nitrogens with zero attached hydrogens (tertiary/aromatic N) is 1. The van der Waals surface area contributed by atoms with E-state index < -0.39 is 0 Å². The van der Waals surface area contributed by atoms with Gasteiger partial charge < -0.3 is 4.74 Å². The van der Waals surface area contributed by atoms with Crippen LogP contribution in [0, 0.1) is 0 Å². The summed E-state index contributed by atoms with van der Waals surface area (Å²) in [5, 5.41) is 0. The van der Waals surface area contributed by atoms with Crippen molar-refractivity contribution >= 4 is 23.1 Å². The van der Waals surface area contributed by atoms with Crippen LogP contribution < -0.4 is 4.74 Å². The molecule has 78 valence electrons. The van der Waals surface area contributed by atoms with E-state index in [0.29, 0.717) is 18.4 Å². The number of alkyl halides is 1. The number of rotatable bonds is 4. The van der Waals surface area contributed by atoms with Crippen molar-refractivity contribution in [3.63, 3.8) is 0 Å². The van der Waals surface area contributed by atoms with Gasteiger partial charge in [-0.1, -0.05) is 30.3 Å². The number of benzene rings is 1. The molecule has 0 aliphatic rings. The molecule has 0 unspecified atom stereocenters. The lowest BCUT2D eigenvalue weighted by molar-refractivity contribution is 0.297. The second kappa shape index (κ2) is 5.14. The fraction of sp³-hybridized carbons (Fsp3) is 0.182. The largest absolute Gasteiger partial charge is 0.472 e. The van der Waals surface area contributed by atoms with Crippen LogP contribution in [0.25, 0.3) is 0 Å². The van der Waals surface area contributed by atoms with Crippen LogP contribution in [0.2, 0.25) is 0 Å². The van der Waals surface area contributed by atoms with Crippen LogP contribution in [-0.4, -0.2) is 4.37 Å². The van der Waals surface area contributed by atoms with E-state index in [4.69, 9.17) is 16.3 Å². The first-order chi connectivity index (χ1) is 7.38. The molecule has 1 aromatic carbocycles. The number of ether oxygens (including phenoxy) is 1. The summed E-state index contributed by atoms with van der Waals surface area (Å²) >= 11 is 7.05. The summed E-state index contributed by atoms with van der Waals surface area (Å²) < 4.78 is 9.65. The highest BCUT2D eigenvalue weighted by molar-refractivity contribution is 7.06. The average molecular weight is 240 g/mol. The van der Waals surface area contributed by atoms with Gasteiger partial charge in [-0.3, -0.25) is 0 Å². The third kappa shape index (κ3) is 2.94. The Hall–Kier alpha value is -1.06. The molecule has 0 aliphatic heterocycles. The molecule has 0 saturated carbocycles. The summed E-state index contributed by atoms with van der Waals surface area (Å²) in [6.07, 6.45) is 0. The minimum atomic E-state index is 0.492. The fourth-order valence-corrected chi connectivity index (χ4v) is 1.90. The molecule has 1 aromatic heterocycles. The van der Waals surface area contributed by atoms with Crippen molar-refractivity contribution in [1.29, 1.82) is 0 Å². The third-order valence-corrected chi connectivity index (χ3v) is 3.11. The first-order valence-corrected chi connectivity index (χ1v) is 5.87. The molecular weight excluding hydrogens is 230 g/mol. The number of hydrogen-bond acceptors (Lipinski definition) is 3. The molecule has 0 amide bonds. The van der Waals surface area contributed by atoms with E-state index in [1.165, 1.54) is 11.5 Å². The molecule has 2 rings (SSSR count). The average Bonchev–Trinajstić information content (AvgIpc) is 2.76. The molecule has 2 nitrogen and oxygen atoms in total. The number of halogens is 1. The first-order valence-electron chi connectivity index (χ1n) is 4.57. The van der Waals surface area contributed by atoms with Gasteiger partial charge in [0.05, 0.1) is 5.88 Å². The molecule has 0 fully saturated rings. The summed E-state index contributed by atoms with van der Waals surface area (Å²) in [6, 6.07) is 11.9. The Bertz CT molecular complexity index is 416. The lowest BCUT2D eigenvalue weighted by atomic mass is 10.2. The Labute approximate surface area is 97.6 Å². The first kappa shape index (κ1) is 10.5. The van der Waals surface area contributed by atoms with Gasteiger partial charge >= 0.3 is 0 Å². The molecular formula is C11H10ClNOS. The van der Waals surface area contributed by atoms with Crippen molar-refractivity contribution in [3.05, 3.63) is 46.8 Å². The van der Waals surface area contributed by atoms with Gasteiger partial charge in [0, 0.05) is 10.9 Å². The zero-order valence-electron chi connectivity index (χ0n) is 8.02. The van der Waals surface area contributed by atoms with E-state index in [9.17, 15) is 0 Å². The highest BCUT2D eigenvalue weighted by Gasteiger charge is 2.01. The Morgan fingerprint density at radius 2 is 2.07 bits per heavy atom. The quantitative estimate of drug-likeness (QED) is 0.763. The summed E-state index contributed by atoms with van der Waals surface area (Å²) in [5.41, 5.74) is 1.14. The van der Waals surface area contributed by atoms with Gasteiger partial charge in [0.1, 0.15) is 6.61 Å². The van der Waals surface area contributed by atoms with E-state index in [1.807, 2.05) is 36.4 Å². The van der Waals surface area contributed by atoms with Gasteiger partial charge in [-0.25, -0.2) is 0 Å². The molecule has 0 saturated heterocycles. The van der Waals surface area contributed by atoms with Crippen molar-refractivity contribution in [2.24, 2.45) is 0 Å². The van der Waals surface area contributed by atoms with Gasteiger partial charge in [-0.2, -0.15) is 4.37 Å². The van der Waals surface area contributed by atoms with Crippen LogP contribution in [0.1, 0.15) is 10.4 Å². The van der Waals surface area contributed by atoms with Crippen molar-refractivity contribution in [1.82, 2.24) is 4.37 Å². The molecule has 2 aromatic rings. The van der Waals surface area contributed by atoms with E-state index in [0.717, 1.165) is 10.4 Å². The van der Waals surface area contributed by atoms with E-state index >= 15 is 0 Å². The second-order valence-electron chi connectivity index (χ2n) is 3.04. The maximum absolute atomic E-state index is 5.67. The van der Waals surface area contributed by atoms with Gasteiger partial charge in [0.15, 0.2) is 0 Å². The zero-order valence-corrected chi connectivity index (χ0v) is 9.59. The molecule has 1 heterocycles. The molecule has 0 radical (unpaired) electrons. The Kier molecular flexibility index (Phi) is 3.59. The fourth-order valence-electron chi connectivity index (χ4n) is 1.16. The maximum Gasteiger partial charge on any atom is 0.225 e. The van der Waals surface area contributed by atoms with Crippen molar-refractivity contribution < 1.29 is 4.74 Å². The monoisotopic (exact) mass is 239 g/mol. The SMILES string of the molecule is ClCc1cc(OCc2ccccc2)ns1. The number of hydrogen-bond donors (Lipinski definition) is 0. The van der Waals surface area contributed by atoms with Crippen molar-refractivity contribution in [2.75, 3.05) is 0 Å². The predicted octanol–water partition coefficient (Wildman–Crippen LogP) is 3.46. The molecule has 4 heteroatoms. The van der Waals surface area contributed by atoms with Crippen LogP contribution in [-0.2, 0) is 12.5 Å². The highest BCUT2D eigenvalue weighted by Crippen LogP contribution is 2.19. The third-order valence-electron chi connectivity index (χ3n) is 1.90. The minimum absolute atomic E-state index is 0.492. The van der Waals surface area contributed by atoms with E-state index in [1.54, 1.807) is 0 Å². The van der Waals surface area contributed by atoms with E-state index in [-0.39, 0.29) is 0 Å². The van der Waals surface area contributed by atoms with Gasteiger partial charge in [-0.05, 0) is 17.1 Å². The Balaban J connectivity index is 1.93. The second-order valence-corrected chi connectivity index (χ2v) is 4.20. The topological polar surface area (TPSA) is 22.1 Å². The van der Waals surface area contributed by atoms with Crippen LogP contribution in [0.15, 0.2) is 36.4 Å². The molecule has 0 atom stereocenters. The van der Waals surface area contributed by atoms with Crippen LogP contribution in [0.3, 0.4) is 0 Å². The molecule has 0 spiro atoms.